The van der Waals surface area contributed by atoms with Gasteiger partial charge in [0.2, 0.25) is 10.0 Å². The number of nitrogens with zero attached hydrogens (tertiary/aromatic N) is 2. The molecule has 0 amide bonds. The molecule has 0 spiro atoms. The largest absolute Gasteiger partial charge is 0.408 e. The number of benzene rings is 1. The number of nitrogens with two attached hydrogens (primary N) is 1. The number of hydrogen-bond donors (Lipinski definition) is 4. The van der Waals surface area contributed by atoms with Gasteiger partial charge in [-0.15, -0.1) is 0 Å². The zero-order valence-corrected chi connectivity index (χ0v) is 16.2. The molecular weight excluding hydrogens is 409 g/mol. The standard InChI is InChI=1S/C17H19F3N6O2S/c1-29(27,28)26-7-5-10-8-11(2-3-13(10)26)17(21)24-14-12(4-6-22-14)15(25-17)23-9-16(18,19)20/h2-4,6,8,22,24H,5,7,9,21H2,1H3,(H,23,25). The maximum Gasteiger partial charge on any atom is 0.408 e. The van der Waals surface area contributed by atoms with Crippen molar-refractivity contribution in [3.63, 3.8) is 0 Å². The van der Waals surface area contributed by atoms with Crippen molar-refractivity contribution in [3.05, 3.63) is 47.2 Å². The van der Waals surface area contributed by atoms with Crippen LogP contribution >= 0.6 is 0 Å². The SMILES string of the molecule is CS(=O)(=O)N1CCc2cc(C3(N)NC(=NCC(F)(F)F)c4cc[nH]c4N3)ccc21. The summed E-state index contributed by atoms with van der Waals surface area (Å²) in [5.74, 6) is -0.987. The highest BCUT2D eigenvalue weighted by atomic mass is 32.2. The minimum absolute atomic E-state index is 0.0121. The molecule has 0 saturated carbocycles. The monoisotopic (exact) mass is 428 g/mol. The molecule has 29 heavy (non-hydrogen) atoms. The van der Waals surface area contributed by atoms with Gasteiger partial charge in [0.1, 0.15) is 18.2 Å². The summed E-state index contributed by atoms with van der Waals surface area (Å²) in [5, 5.41) is 5.91. The van der Waals surface area contributed by atoms with Gasteiger partial charge in [0.25, 0.3) is 0 Å². The Morgan fingerprint density at radius 1 is 1.28 bits per heavy atom. The highest BCUT2D eigenvalue weighted by molar-refractivity contribution is 7.92. The number of aliphatic imine (C=N–C) groups is 1. The van der Waals surface area contributed by atoms with Crippen LogP contribution < -0.4 is 20.7 Å². The van der Waals surface area contributed by atoms with Crippen molar-refractivity contribution in [2.75, 3.05) is 29.0 Å². The van der Waals surface area contributed by atoms with Crippen LogP contribution in [-0.4, -0.2) is 44.8 Å². The zero-order chi connectivity index (χ0) is 21.0. The summed E-state index contributed by atoms with van der Waals surface area (Å²) in [6, 6.07) is 6.62. The first kappa shape index (κ1) is 19.6. The molecule has 1 unspecified atom stereocenters. The second-order valence-electron chi connectivity index (χ2n) is 7.03. The molecule has 12 heteroatoms. The van der Waals surface area contributed by atoms with Crippen molar-refractivity contribution in [1.29, 1.82) is 0 Å². The van der Waals surface area contributed by atoms with Gasteiger partial charge < -0.3 is 15.6 Å². The molecule has 0 aliphatic carbocycles. The van der Waals surface area contributed by atoms with Crippen molar-refractivity contribution in [2.24, 2.45) is 10.7 Å². The maximum absolute atomic E-state index is 12.7. The predicted octanol–water partition coefficient (Wildman–Crippen LogP) is 1.43. The fourth-order valence-corrected chi connectivity index (χ4v) is 4.51. The predicted molar refractivity (Wildman–Crippen MR) is 103 cm³/mol. The zero-order valence-electron chi connectivity index (χ0n) is 15.3. The molecule has 2 aromatic rings. The van der Waals surface area contributed by atoms with Gasteiger partial charge in [0.05, 0.1) is 17.5 Å². The lowest BCUT2D eigenvalue weighted by molar-refractivity contribution is -0.118. The molecule has 3 heterocycles. The second-order valence-corrected chi connectivity index (χ2v) is 8.94. The van der Waals surface area contributed by atoms with Crippen molar-refractivity contribution in [2.45, 2.75) is 18.4 Å². The lowest BCUT2D eigenvalue weighted by Gasteiger charge is -2.38. The molecule has 1 aromatic carbocycles. The number of alkyl halides is 3. The average Bonchev–Trinajstić information content (AvgIpc) is 3.24. The van der Waals surface area contributed by atoms with E-state index >= 15 is 0 Å². The van der Waals surface area contributed by atoms with Crippen LogP contribution in [0, 0.1) is 0 Å². The maximum atomic E-state index is 12.7. The molecular formula is C17H19F3N6O2S. The number of amidine groups is 1. The van der Waals surface area contributed by atoms with Crippen LogP contribution in [0.3, 0.4) is 0 Å². The summed E-state index contributed by atoms with van der Waals surface area (Å²) < 4.78 is 63.1. The van der Waals surface area contributed by atoms with Gasteiger partial charge in [-0.3, -0.25) is 15.0 Å². The van der Waals surface area contributed by atoms with Crippen LogP contribution in [0.15, 0.2) is 35.5 Å². The fraction of sp³-hybridized carbons (Fsp3) is 0.353. The molecule has 156 valence electrons. The van der Waals surface area contributed by atoms with Crippen molar-refractivity contribution in [3.8, 4) is 0 Å². The first-order chi connectivity index (χ1) is 13.5. The molecule has 2 aliphatic heterocycles. The Morgan fingerprint density at radius 3 is 2.72 bits per heavy atom. The van der Waals surface area contributed by atoms with E-state index in [9.17, 15) is 21.6 Å². The molecule has 0 saturated heterocycles. The number of nitrogens with one attached hydrogen (secondary N) is 3. The summed E-state index contributed by atoms with van der Waals surface area (Å²) in [7, 11) is -3.39. The summed E-state index contributed by atoms with van der Waals surface area (Å²) in [6.07, 6.45) is -1.23. The van der Waals surface area contributed by atoms with Gasteiger partial charge in [-0.1, -0.05) is 6.07 Å². The van der Waals surface area contributed by atoms with Crippen LogP contribution in [0.4, 0.5) is 24.7 Å². The summed E-state index contributed by atoms with van der Waals surface area (Å²) in [4.78, 5) is 6.57. The van der Waals surface area contributed by atoms with E-state index in [4.69, 9.17) is 5.73 Å². The Kier molecular flexibility index (Phi) is 4.31. The first-order valence-corrected chi connectivity index (χ1v) is 10.6. The average molecular weight is 428 g/mol. The van der Waals surface area contributed by atoms with E-state index in [1.807, 2.05) is 0 Å². The quantitative estimate of drug-likeness (QED) is 0.590. The Labute approximate surface area is 165 Å². The third-order valence-corrected chi connectivity index (χ3v) is 6.02. The smallest absolute Gasteiger partial charge is 0.348 e. The number of rotatable bonds is 3. The molecule has 1 atom stereocenters. The van der Waals surface area contributed by atoms with Gasteiger partial charge in [-0.05, 0) is 30.2 Å². The van der Waals surface area contributed by atoms with E-state index in [2.05, 4.69) is 20.6 Å². The lowest BCUT2D eigenvalue weighted by atomic mass is 10.0. The lowest BCUT2D eigenvalue weighted by Crippen LogP contribution is -2.61. The second kappa shape index (κ2) is 6.39. The van der Waals surface area contributed by atoms with Gasteiger partial charge in [-0.2, -0.15) is 13.2 Å². The van der Waals surface area contributed by atoms with E-state index < -0.39 is 28.5 Å². The van der Waals surface area contributed by atoms with Crippen LogP contribution in [-0.2, 0) is 22.2 Å². The van der Waals surface area contributed by atoms with E-state index in [0.717, 1.165) is 11.8 Å². The molecule has 8 nitrogen and oxygen atoms in total. The third-order valence-electron chi connectivity index (χ3n) is 4.84. The highest BCUT2D eigenvalue weighted by Gasteiger charge is 2.37. The van der Waals surface area contributed by atoms with Crippen molar-refractivity contribution >= 4 is 27.4 Å². The molecule has 2 aliphatic rings. The van der Waals surface area contributed by atoms with Crippen molar-refractivity contribution < 1.29 is 21.6 Å². The van der Waals surface area contributed by atoms with Gasteiger partial charge in [0, 0.05) is 18.3 Å². The normalized spacial score (nSPS) is 22.8. The van der Waals surface area contributed by atoms with Gasteiger partial charge in [0.15, 0.2) is 5.79 Å². The van der Waals surface area contributed by atoms with Crippen molar-refractivity contribution in [1.82, 2.24) is 10.3 Å². The summed E-state index contributed by atoms with van der Waals surface area (Å²) in [6.45, 7) is -1.02. The number of aromatic amines is 1. The first-order valence-electron chi connectivity index (χ1n) is 8.72. The molecule has 0 bridgehead atoms. The number of H-pyrrole nitrogens is 1. The van der Waals surface area contributed by atoms with Crippen LogP contribution in [0.2, 0.25) is 0 Å². The number of fused-ring (bicyclic) bond motifs is 2. The molecule has 4 rings (SSSR count). The van der Waals surface area contributed by atoms with E-state index in [1.165, 1.54) is 4.31 Å². The highest BCUT2D eigenvalue weighted by Crippen LogP contribution is 2.34. The van der Waals surface area contributed by atoms with E-state index in [-0.39, 0.29) is 5.84 Å². The minimum Gasteiger partial charge on any atom is -0.348 e. The number of anilines is 2. The number of hydrogen-bond acceptors (Lipinski definition) is 5. The molecule has 0 radical (unpaired) electrons. The molecule has 5 N–H and O–H groups in total. The van der Waals surface area contributed by atoms with Gasteiger partial charge in [-0.25, -0.2) is 8.42 Å². The molecule has 1 aromatic heterocycles. The topological polar surface area (TPSA) is 116 Å². The number of aromatic nitrogens is 1. The number of halogens is 3. The number of sulfonamides is 1. The van der Waals surface area contributed by atoms with Crippen LogP contribution in [0.25, 0.3) is 0 Å². The third kappa shape index (κ3) is 3.65. The van der Waals surface area contributed by atoms with E-state index in [1.54, 1.807) is 30.5 Å². The Morgan fingerprint density at radius 2 is 2.03 bits per heavy atom. The van der Waals surface area contributed by atoms with Gasteiger partial charge >= 0.3 is 6.18 Å². The summed E-state index contributed by atoms with van der Waals surface area (Å²) in [5.41, 5.74) is 8.80. The van der Waals surface area contributed by atoms with E-state index in [0.29, 0.717) is 35.6 Å². The molecule has 0 fully saturated rings. The summed E-state index contributed by atoms with van der Waals surface area (Å²) >= 11 is 0. The fourth-order valence-electron chi connectivity index (χ4n) is 3.55. The Bertz CT molecular complexity index is 1090. The Balaban J connectivity index is 1.71. The van der Waals surface area contributed by atoms with Crippen LogP contribution in [0.1, 0.15) is 16.7 Å². The minimum atomic E-state index is -4.45. The Hall–Kier alpha value is -2.73. The van der Waals surface area contributed by atoms with Crippen LogP contribution in [0.5, 0.6) is 0 Å².